The Morgan fingerprint density at radius 2 is 1.92 bits per heavy atom. The molecule has 2 aromatic rings. The minimum atomic E-state index is -3.51. The monoisotopic (exact) mass is 346 g/mol. The van der Waals surface area contributed by atoms with Crippen molar-refractivity contribution in [3.05, 3.63) is 46.8 Å². The first kappa shape index (κ1) is 15.8. The molecule has 1 aromatic carbocycles. The predicted octanol–water partition coefficient (Wildman–Crippen LogP) is 3.39. The van der Waals surface area contributed by atoms with Crippen molar-refractivity contribution in [2.45, 2.75) is 56.4 Å². The zero-order valence-electron chi connectivity index (χ0n) is 13.9. The third kappa shape index (κ3) is 2.67. The highest BCUT2D eigenvalue weighted by atomic mass is 32.2. The minimum Gasteiger partial charge on any atom is -0.361 e. The Balaban J connectivity index is 1.69. The van der Waals surface area contributed by atoms with Gasteiger partial charge in [0.25, 0.3) is 0 Å². The fourth-order valence-electron chi connectivity index (χ4n) is 3.87. The van der Waals surface area contributed by atoms with E-state index in [9.17, 15) is 8.42 Å². The van der Waals surface area contributed by atoms with Gasteiger partial charge in [-0.3, -0.25) is 0 Å². The van der Waals surface area contributed by atoms with Gasteiger partial charge in [0.05, 0.1) is 10.9 Å². The molecule has 24 heavy (non-hydrogen) atoms. The lowest BCUT2D eigenvalue weighted by Crippen LogP contribution is -2.31. The third-order valence-corrected chi connectivity index (χ3v) is 7.02. The number of aromatic nitrogens is 1. The Hall–Kier alpha value is -1.66. The Morgan fingerprint density at radius 3 is 2.67 bits per heavy atom. The van der Waals surface area contributed by atoms with Crippen LogP contribution in [0.3, 0.4) is 0 Å². The average molecular weight is 346 g/mol. The van der Waals surface area contributed by atoms with Crippen LogP contribution in [0.15, 0.2) is 33.7 Å². The number of aryl methyl sites for hydroxylation is 3. The molecular formula is C18H22N2O3S. The van der Waals surface area contributed by atoms with Crippen LogP contribution >= 0.6 is 0 Å². The number of hydrogen-bond donors (Lipinski definition) is 0. The van der Waals surface area contributed by atoms with Crippen LogP contribution in [0.4, 0.5) is 0 Å². The molecule has 2 aliphatic rings. The largest absolute Gasteiger partial charge is 0.361 e. The van der Waals surface area contributed by atoms with Crippen molar-refractivity contribution >= 4 is 10.0 Å². The Morgan fingerprint density at radius 1 is 1.12 bits per heavy atom. The van der Waals surface area contributed by atoms with E-state index in [1.165, 1.54) is 17.5 Å². The van der Waals surface area contributed by atoms with Gasteiger partial charge in [0.1, 0.15) is 11.5 Å². The van der Waals surface area contributed by atoms with Crippen LogP contribution in [0.1, 0.15) is 54.3 Å². The molecule has 0 N–H and O–H groups in total. The normalized spacial score (nSPS) is 21.8. The summed E-state index contributed by atoms with van der Waals surface area (Å²) >= 11 is 0. The first-order valence-corrected chi connectivity index (χ1v) is 10.1. The lowest BCUT2D eigenvalue weighted by atomic mass is 9.92. The van der Waals surface area contributed by atoms with Gasteiger partial charge in [0.15, 0.2) is 0 Å². The molecule has 1 atom stereocenters. The zero-order valence-corrected chi connectivity index (χ0v) is 14.7. The fourth-order valence-corrected chi connectivity index (χ4v) is 5.59. The van der Waals surface area contributed by atoms with Gasteiger partial charge in [-0.05, 0) is 68.7 Å². The first-order valence-electron chi connectivity index (χ1n) is 8.62. The van der Waals surface area contributed by atoms with Crippen molar-refractivity contribution in [1.82, 2.24) is 9.46 Å². The van der Waals surface area contributed by atoms with Crippen LogP contribution in [0.2, 0.25) is 0 Å². The molecule has 0 spiro atoms. The van der Waals surface area contributed by atoms with Crippen LogP contribution < -0.4 is 0 Å². The second-order valence-electron chi connectivity index (χ2n) is 6.77. The summed E-state index contributed by atoms with van der Waals surface area (Å²) in [5, 5.41) is 4.04. The van der Waals surface area contributed by atoms with Crippen molar-refractivity contribution < 1.29 is 12.9 Å². The molecule has 1 aliphatic carbocycles. The van der Waals surface area contributed by atoms with E-state index >= 15 is 0 Å². The Bertz CT molecular complexity index is 857. The minimum absolute atomic E-state index is 0.219. The average Bonchev–Trinajstić information content (AvgIpc) is 3.23. The number of benzene rings is 1. The summed E-state index contributed by atoms with van der Waals surface area (Å²) in [6.45, 7) is 2.36. The summed E-state index contributed by atoms with van der Waals surface area (Å²) in [5.41, 5.74) is 3.20. The highest BCUT2D eigenvalue weighted by Gasteiger charge is 2.38. The van der Waals surface area contributed by atoms with Crippen LogP contribution in [-0.2, 0) is 22.9 Å². The van der Waals surface area contributed by atoms with Gasteiger partial charge >= 0.3 is 0 Å². The van der Waals surface area contributed by atoms with Gasteiger partial charge in [-0.15, -0.1) is 0 Å². The second-order valence-corrected chi connectivity index (χ2v) is 8.66. The highest BCUT2D eigenvalue weighted by molar-refractivity contribution is 7.89. The Labute approximate surface area is 142 Å². The first-order chi connectivity index (χ1) is 11.6. The topological polar surface area (TPSA) is 63.4 Å². The number of sulfonamides is 1. The van der Waals surface area contributed by atoms with E-state index in [2.05, 4.69) is 5.16 Å². The van der Waals surface area contributed by atoms with E-state index in [1.54, 1.807) is 10.4 Å². The maximum Gasteiger partial charge on any atom is 0.243 e. The maximum atomic E-state index is 13.2. The summed E-state index contributed by atoms with van der Waals surface area (Å²) in [4.78, 5) is 0.412. The Kier molecular flexibility index (Phi) is 3.96. The van der Waals surface area contributed by atoms with Gasteiger partial charge < -0.3 is 4.52 Å². The lowest BCUT2D eigenvalue weighted by Gasteiger charge is -2.24. The zero-order chi connectivity index (χ0) is 16.7. The van der Waals surface area contributed by atoms with E-state index < -0.39 is 10.0 Å². The molecule has 1 saturated heterocycles. The molecule has 2 heterocycles. The van der Waals surface area contributed by atoms with E-state index in [-0.39, 0.29) is 6.04 Å². The van der Waals surface area contributed by atoms with Crippen LogP contribution in [0, 0.1) is 6.92 Å². The molecule has 6 heteroatoms. The van der Waals surface area contributed by atoms with Gasteiger partial charge in [0, 0.05) is 12.6 Å². The number of fused-ring (bicyclic) bond motifs is 1. The molecule has 1 fully saturated rings. The van der Waals surface area contributed by atoms with E-state index in [0.717, 1.165) is 32.1 Å². The van der Waals surface area contributed by atoms with Crippen LogP contribution in [0.25, 0.3) is 0 Å². The molecular weight excluding hydrogens is 324 g/mol. The van der Waals surface area contributed by atoms with E-state index in [4.69, 9.17) is 4.52 Å². The molecule has 0 saturated carbocycles. The van der Waals surface area contributed by atoms with Crippen molar-refractivity contribution in [2.24, 2.45) is 0 Å². The van der Waals surface area contributed by atoms with Gasteiger partial charge in [0.2, 0.25) is 10.0 Å². The van der Waals surface area contributed by atoms with E-state index in [0.29, 0.717) is 22.9 Å². The quantitative estimate of drug-likeness (QED) is 0.854. The van der Waals surface area contributed by atoms with Crippen LogP contribution in [-0.4, -0.2) is 24.4 Å². The van der Waals surface area contributed by atoms with Crippen molar-refractivity contribution in [2.75, 3.05) is 6.54 Å². The smallest absolute Gasteiger partial charge is 0.243 e. The number of hydrogen-bond acceptors (Lipinski definition) is 4. The summed E-state index contributed by atoms with van der Waals surface area (Å²) in [7, 11) is -3.51. The van der Waals surface area contributed by atoms with Gasteiger partial charge in [-0.2, -0.15) is 4.31 Å². The van der Waals surface area contributed by atoms with Gasteiger partial charge in [-0.25, -0.2) is 8.42 Å². The van der Waals surface area contributed by atoms with Gasteiger partial charge in [-0.1, -0.05) is 11.2 Å². The molecule has 0 radical (unpaired) electrons. The summed E-state index contributed by atoms with van der Waals surface area (Å²) in [6.07, 6.45) is 6.00. The SMILES string of the molecule is Cc1cc([C@@H]2CCCN2S(=O)(=O)c2ccc3c(c2)CCCC3)no1. The fraction of sp³-hybridized carbons (Fsp3) is 0.500. The summed E-state index contributed by atoms with van der Waals surface area (Å²) < 4.78 is 33.1. The second kappa shape index (κ2) is 6.01. The number of nitrogens with zero attached hydrogens (tertiary/aromatic N) is 2. The molecule has 1 aliphatic heterocycles. The van der Waals surface area contributed by atoms with Crippen molar-refractivity contribution in [3.63, 3.8) is 0 Å². The standard InChI is InChI=1S/C18H22N2O3S/c1-13-11-17(19-23-13)18-7-4-10-20(18)24(21,22)16-9-8-14-5-2-3-6-15(14)12-16/h8-9,11-12,18H,2-7,10H2,1H3/t18-/m0/s1. The highest BCUT2D eigenvalue weighted by Crippen LogP contribution is 2.37. The molecule has 0 bridgehead atoms. The molecule has 0 unspecified atom stereocenters. The van der Waals surface area contributed by atoms with E-state index in [1.807, 2.05) is 25.1 Å². The third-order valence-electron chi connectivity index (χ3n) is 5.12. The van der Waals surface area contributed by atoms with Crippen molar-refractivity contribution in [1.29, 1.82) is 0 Å². The number of rotatable bonds is 3. The molecule has 128 valence electrons. The lowest BCUT2D eigenvalue weighted by molar-refractivity contribution is 0.349. The van der Waals surface area contributed by atoms with Crippen molar-refractivity contribution in [3.8, 4) is 0 Å². The summed E-state index contributed by atoms with van der Waals surface area (Å²) in [5.74, 6) is 0.711. The predicted molar refractivity (Wildman–Crippen MR) is 90.2 cm³/mol. The molecule has 0 amide bonds. The summed E-state index contributed by atoms with van der Waals surface area (Å²) in [6, 6.07) is 7.26. The molecule has 5 nitrogen and oxygen atoms in total. The molecule has 4 rings (SSSR count). The maximum absolute atomic E-state index is 13.2. The van der Waals surface area contributed by atoms with Crippen LogP contribution in [0.5, 0.6) is 0 Å². The molecule has 1 aromatic heterocycles.